The highest BCUT2D eigenvalue weighted by Crippen LogP contribution is 2.30. The second-order valence-electron chi connectivity index (χ2n) is 6.87. The Kier molecular flexibility index (Phi) is 6.27. The molecule has 5 aromatic rings. The maximum Gasteiger partial charge on any atom is 0.271 e. The molecule has 5 rings (SSSR count). The second kappa shape index (κ2) is 9.80. The molecule has 0 fully saturated rings. The average molecular weight is 475 g/mol. The first-order chi connectivity index (χ1) is 16.3. The molecule has 0 unspecified atom stereocenters. The first-order valence-electron chi connectivity index (χ1n) is 10.1. The Labute approximate surface area is 197 Å². The largest absolute Gasteiger partial charge is 0.461 e. The van der Waals surface area contributed by atoms with Crippen molar-refractivity contribution in [2.75, 3.05) is 0 Å². The van der Waals surface area contributed by atoms with E-state index in [1.54, 1.807) is 17.8 Å². The topological polar surface area (TPSA) is 98.7 Å². The zero-order valence-corrected chi connectivity index (χ0v) is 18.9. The van der Waals surface area contributed by atoms with Crippen LogP contribution in [-0.2, 0) is 12.3 Å². The molecule has 8 nitrogen and oxygen atoms in total. The number of carbonyl (C=O) groups excluding carboxylic acids is 1. The molecule has 0 aliphatic heterocycles. The van der Waals surface area contributed by atoms with Crippen molar-refractivity contribution in [3.05, 3.63) is 94.9 Å². The normalized spacial score (nSPS) is 10.9. The average Bonchev–Trinajstić information content (AvgIpc) is 3.63. The van der Waals surface area contributed by atoms with Gasteiger partial charge in [-0.05, 0) is 36.4 Å². The Morgan fingerprint density at radius 2 is 1.94 bits per heavy atom. The Balaban J connectivity index is 1.29. The van der Waals surface area contributed by atoms with Crippen molar-refractivity contribution in [3.63, 3.8) is 0 Å². The van der Waals surface area contributed by atoms with Crippen LogP contribution in [0, 0.1) is 0 Å². The number of nitrogens with zero attached hydrogens (tertiary/aromatic N) is 5. The summed E-state index contributed by atoms with van der Waals surface area (Å²) in [5, 5.41) is 14.9. The third-order valence-corrected chi connectivity index (χ3v) is 6.63. The number of benzene rings is 1. The zero-order chi connectivity index (χ0) is 22.5. The number of furan rings is 1. The molecule has 4 heterocycles. The van der Waals surface area contributed by atoms with Gasteiger partial charge < -0.3 is 9.73 Å². The van der Waals surface area contributed by atoms with E-state index in [0.29, 0.717) is 34.7 Å². The molecule has 1 amide bonds. The highest BCUT2D eigenvalue weighted by atomic mass is 32.2. The summed E-state index contributed by atoms with van der Waals surface area (Å²) in [6, 6.07) is 19.1. The SMILES string of the molecule is O=C(NCc1ccccn1)c1csc(CSc2nnc(-c3ccco3)n2-c2ccccc2)n1. The fourth-order valence-electron chi connectivity index (χ4n) is 3.11. The number of rotatable bonds is 8. The molecule has 1 aromatic carbocycles. The van der Waals surface area contributed by atoms with Gasteiger partial charge in [0, 0.05) is 17.3 Å². The summed E-state index contributed by atoms with van der Waals surface area (Å²) < 4.78 is 7.51. The number of nitrogens with one attached hydrogen (secondary N) is 1. The number of hydrogen-bond acceptors (Lipinski definition) is 8. The van der Waals surface area contributed by atoms with Gasteiger partial charge in [-0.15, -0.1) is 21.5 Å². The van der Waals surface area contributed by atoms with Crippen LogP contribution in [0.2, 0.25) is 0 Å². The molecule has 1 N–H and O–H groups in total. The summed E-state index contributed by atoms with van der Waals surface area (Å²) in [5.74, 6) is 1.60. The third-order valence-electron chi connectivity index (χ3n) is 4.65. The molecule has 0 atom stereocenters. The van der Waals surface area contributed by atoms with Crippen LogP contribution < -0.4 is 5.32 Å². The van der Waals surface area contributed by atoms with Gasteiger partial charge in [0.15, 0.2) is 10.9 Å². The van der Waals surface area contributed by atoms with Crippen LogP contribution in [0.15, 0.2) is 88.1 Å². The van der Waals surface area contributed by atoms with E-state index in [9.17, 15) is 4.79 Å². The molecular formula is C23H18N6O2S2. The second-order valence-corrected chi connectivity index (χ2v) is 8.76. The van der Waals surface area contributed by atoms with Gasteiger partial charge in [-0.25, -0.2) is 4.98 Å². The van der Waals surface area contributed by atoms with E-state index < -0.39 is 0 Å². The number of para-hydroxylation sites is 1. The number of amides is 1. The molecule has 0 saturated heterocycles. The van der Waals surface area contributed by atoms with Gasteiger partial charge in [0.25, 0.3) is 5.91 Å². The molecule has 0 aliphatic rings. The van der Waals surface area contributed by atoms with Crippen LogP contribution in [-0.4, -0.2) is 30.6 Å². The maximum atomic E-state index is 12.4. The molecule has 0 aliphatic carbocycles. The predicted octanol–water partition coefficient (Wildman–Crippen LogP) is 4.60. The quantitative estimate of drug-likeness (QED) is 0.328. The first-order valence-corrected chi connectivity index (χ1v) is 11.9. The Morgan fingerprint density at radius 1 is 1.06 bits per heavy atom. The summed E-state index contributed by atoms with van der Waals surface area (Å²) in [5.41, 5.74) is 2.13. The molecule has 33 heavy (non-hydrogen) atoms. The van der Waals surface area contributed by atoms with E-state index in [-0.39, 0.29) is 5.91 Å². The molecule has 0 radical (unpaired) electrons. The molecule has 0 spiro atoms. The van der Waals surface area contributed by atoms with Gasteiger partial charge in [0.05, 0.1) is 24.3 Å². The van der Waals surface area contributed by atoms with Crippen LogP contribution in [0.25, 0.3) is 17.3 Å². The lowest BCUT2D eigenvalue weighted by atomic mass is 10.3. The minimum Gasteiger partial charge on any atom is -0.461 e. The van der Waals surface area contributed by atoms with Crippen molar-refractivity contribution in [2.24, 2.45) is 0 Å². The van der Waals surface area contributed by atoms with E-state index in [2.05, 4.69) is 25.5 Å². The summed E-state index contributed by atoms with van der Waals surface area (Å²) in [6.45, 7) is 0.358. The van der Waals surface area contributed by atoms with E-state index >= 15 is 0 Å². The monoisotopic (exact) mass is 474 g/mol. The minimum atomic E-state index is -0.222. The van der Waals surface area contributed by atoms with Crippen molar-refractivity contribution >= 4 is 29.0 Å². The standard InChI is InChI=1S/C23H18N6O2S2/c30-22(25-13-16-7-4-5-11-24-16)18-14-32-20(26-18)15-33-23-28-27-21(19-10-6-12-31-19)29(23)17-8-2-1-3-9-17/h1-12,14H,13,15H2,(H,25,30). The van der Waals surface area contributed by atoms with Crippen molar-refractivity contribution in [2.45, 2.75) is 17.5 Å². The van der Waals surface area contributed by atoms with E-state index in [1.165, 1.54) is 23.1 Å². The number of aromatic nitrogens is 5. The van der Waals surface area contributed by atoms with Gasteiger partial charge >= 0.3 is 0 Å². The van der Waals surface area contributed by atoms with Crippen LogP contribution in [0.4, 0.5) is 0 Å². The number of carbonyl (C=O) groups is 1. The number of pyridine rings is 1. The lowest BCUT2D eigenvalue weighted by Gasteiger charge is -2.08. The van der Waals surface area contributed by atoms with Crippen LogP contribution in [0.1, 0.15) is 21.2 Å². The fourth-order valence-corrected chi connectivity index (χ4v) is 4.85. The number of hydrogen-bond donors (Lipinski definition) is 1. The minimum absolute atomic E-state index is 0.222. The molecule has 164 valence electrons. The van der Waals surface area contributed by atoms with Crippen molar-refractivity contribution < 1.29 is 9.21 Å². The Morgan fingerprint density at radius 3 is 2.73 bits per heavy atom. The molecule has 0 bridgehead atoms. The fraction of sp³-hybridized carbons (Fsp3) is 0.0870. The van der Waals surface area contributed by atoms with Crippen molar-refractivity contribution in [3.8, 4) is 17.3 Å². The lowest BCUT2D eigenvalue weighted by molar-refractivity contribution is 0.0946. The van der Waals surface area contributed by atoms with Crippen molar-refractivity contribution in [1.82, 2.24) is 30.0 Å². The molecule has 4 aromatic heterocycles. The highest BCUT2D eigenvalue weighted by Gasteiger charge is 2.19. The van der Waals surface area contributed by atoms with Gasteiger partial charge in [0.1, 0.15) is 10.7 Å². The summed E-state index contributed by atoms with van der Waals surface area (Å²) in [4.78, 5) is 21.1. The third kappa shape index (κ3) is 4.86. The molecular weight excluding hydrogens is 456 g/mol. The number of thiazole rings is 1. The predicted molar refractivity (Wildman–Crippen MR) is 126 cm³/mol. The van der Waals surface area contributed by atoms with Crippen LogP contribution in [0.3, 0.4) is 0 Å². The van der Waals surface area contributed by atoms with Crippen LogP contribution >= 0.6 is 23.1 Å². The summed E-state index contributed by atoms with van der Waals surface area (Å²) >= 11 is 2.94. The van der Waals surface area contributed by atoms with Gasteiger partial charge in [0.2, 0.25) is 5.82 Å². The van der Waals surface area contributed by atoms with Crippen molar-refractivity contribution in [1.29, 1.82) is 0 Å². The number of thioether (sulfide) groups is 1. The Hall–Kier alpha value is -3.76. The molecule has 10 heteroatoms. The smallest absolute Gasteiger partial charge is 0.271 e. The van der Waals surface area contributed by atoms with E-state index in [0.717, 1.165) is 16.4 Å². The molecule has 0 saturated carbocycles. The van der Waals surface area contributed by atoms with Gasteiger partial charge in [-0.3, -0.25) is 14.3 Å². The summed E-state index contributed by atoms with van der Waals surface area (Å²) in [7, 11) is 0. The Bertz CT molecular complexity index is 1330. The van der Waals surface area contributed by atoms with E-state index in [1.807, 2.05) is 65.2 Å². The first kappa shape index (κ1) is 21.1. The lowest BCUT2D eigenvalue weighted by Crippen LogP contribution is -2.23. The summed E-state index contributed by atoms with van der Waals surface area (Å²) in [6.07, 6.45) is 3.31. The van der Waals surface area contributed by atoms with Gasteiger partial charge in [-0.1, -0.05) is 36.0 Å². The zero-order valence-electron chi connectivity index (χ0n) is 17.3. The van der Waals surface area contributed by atoms with E-state index in [4.69, 9.17) is 4.42 Å². The highest BCUT2D eigenvalue weighted by molar-refractivity contribution is 7.98. The van der Waals surface area contributed by atoms with Gasteiger partial charge in [-0.2, -0.15) is 0 Å². The van der Waals surface area contributed by atoms with Crippen LogP contribution in [0.5, 0.6) is 0 Å². The maximum absolute atomic E-state index is 12.4.